The second-order valence-corrected chi connectivity index (χ2v) is 5.47. The summed E-state index contributed by atoms with van der Waals surface area (Å²) in [5.74, 6) is 1.06. The van der Waals surface area contributed by atoms with E-state index in [4.69, 9.17) is 5.73 Å². The third-order valence-electron chi connectivity index (χ3n) is 3.04. The fourth-order valence-corrected chi connectivity index (χ4v) is 2.78. The first kappa shape index (κ1) is 12.7. The SMILES string of the molecule is CN1CCN(CCSc2ncccc2N)CC1. The van der Waals surface area contributed by atoms with E-state index in [0.717, 1.165) is 23.0 Å². The van der Waals surface area contributed by atoms with Crippen LogP contribution < -0.4 is 5.73 Å². The first-order chi connectivity index (χ1) is 8.25. The third-order valence-corrected chi connectivity index (χ3v) is 4.04. The van der Waals surface area contributed by atoms with Crippen molar-refractivity contribution in [2.75, 3.05) is 51.3 Å². The van der Waals surface area contributed by atoms with E-state index >= 15 is 0 Å². The Morgan fingerprint density at radius 1 is 1.35 bits per heavy atom. The van der Waals surface area contributed by atoms with Crippen LogP contribution in [0.4, 0.5) is 5.69 Å². The quantitative estimate of drug-likeness (QED) is 0.810. The molecule has 0 amide bonds. The van der Waals surface area contributed by atoms with Gasteiger partial charge in [0.15, 0.2) is 0 Å². The number of hydrogen-bond donors (Lipinski definition) is 1. The molecule has 94 valence electrons. The largest absolute Gasteiger partial charge is 0.397 e. The van der Waals surface area contributed by atoms with E-state index in [9.17, 15) is 0 Å². The molecule has 0 aliphatic carbocycles. The average Bonchev–Trinajstić information content (AvgIpc) is 2.34. The lowest BCUT2D eigenvalue weighted by molar-refractivity contribution is 0.161. The molecule has 2 N–H and O–H groups in total. The molecular formula is C12H20N4S. The number of likely N-dealkylation sites (N-methyl/N-ethyl adjacent to an activating group) is 1. The fraction of sp³-hybridized carbons (Fsp3) is 0.583. The maximum atomic E-state index is 5.85. The summed E-state index contributed by atoms with van der Waals surface area (Å²) < 4.78 is 0. The highest BCUT2D eigenvalue weighted by molar-refractivity contribution is 7.99. The van der Waals surface area contributed by atoms with Gasteiger partial charge in [-0.1, -0.05) is 0 Å². The molecule has 17 heavy (non-hydrogen) atoms. The van der Waals surface area contributed by atoms with Crippen LogP contribution in [0.2, 0.25) is 0 Å². The highest BCUT2D eigenvalue weighted by atomic mass is 32.2. The Kier molecular flexibility index (Phi) is 4.65. The van der Waals surface area contributed by atoms with E-state index < -0.39 is 0 Å². The Morgan fingerprint density at radius 2 is 2.12 bits per heavy atom. The van der Waals surface area contributed by atoms with E-state index in [-0.39, 0.29) is 0 Å². The summed E-state index contributed by atoms with van der Waals surface area (Å²) in [4.78, 5) is 9.17. The molecule has 5 heteroatoms. The second-order valence-electron chi connectivity index (χ2n) is 4.39. The Balaban J connectivity index is 1.71. The van der Waals surface area contributed by atoms with Crippen LogP contribution in [-0.2, 0) is 0 Å². The number of thioether (sulfide) groups is 1. The summed E-state index contributed by atoms with van der Waals surface area (Å²) in [6, 6.07) is 3.78. The smallest absolute Gasteiger partial charge is 0.119 e. The van der Waals surface area contributed by atoms with E-state index in [1.54, 1.807) is 18.0 Å². The van der Waals surface area contributed by atoms with Crippen LogP contribution >= 0.6 is 11.8 Å². The van der Waals surface area contributed by atoms with Crippen molar-refractivity contribution in [1.82, 2.24) is 14.8 Å². The molecule has 2 heterocycles. The molecule has 0 unspecified atom stereocenters. The molecule has 0 spiro atoms. The minimum Gasteiger partial charge on any atom is -0.397 e. The number of hydrogen-bond acceptors (Lipinski definition) is 5. The molecule has 1 aromatic heterocycles. The van der Waals surface area contributed by atoms with E-state index in [0.29, 0.717) is 0 Å². The molecule has 0 aromatic carbocycles. The highest BCUT2D eigenvalue weighted by Gasteiger charge is 2.13. The maximum absolute atomic E-state index is 5.85. The van der Waals surface area contributed by atoms with Gasteiger partial charge in [0.25, 0.3) is 0 Å². The first-order valence-electron chi connectivity index (χ1n) is 6.00. The lowest BCUT2D eigenvalue weighted by atomic mass is 10.3. The molecule has 2 rings (SSSR count). The zero-order chi connectivity index (χ0) is 12.1. The zero-order valence-electron chi connectivity index (χ0n) is 10.3. The van der Waals surface area contributed by atoms with Gasteiger partial charge in [-0.3, -0.25) is 4.90 Å². The molecule has 4 nitrogen and oxygen atoms in total. The van der Waals surface area contributed by atoms with Crippen molar-refractivity contribution >= 4 is 17.4 Å². The Hall–Kier alpha value is -0.780. The predicted molar refractivity (Wildman–Crippen MR) is 73.3 cm³/mol. The van der Waals surface area contributed by atoms with Gasteiger partial charge in [-0.2, -0.15) is 0 Å². The number of rotatable bonds is 4. The summed E-state index contributed by atoms with van der Waals surface area (Å²) in [7, 11) is 2.18. The summed E-state index contributed by atoms with van der Waals surface area (Å²) >= 11 is 1.75. The van der Waals surface area contributed by atoms with Gasteiger partial charge >= 0.3 is 0 Å². The standard InChI is InChI=1S/C12H20N4S/c1-15-5-7-16(8-6-15)9-10-17-12-11(13)3-2-4-14-12/h2-4H,5-10,13H2,1H3. The van der Waals surface area contributed by atoms with Crippen LogP contribution in [0, 0.1) is 0 Å². The van der Waals surface area contributed by atoms with Gasteiger partial charge in [0.2, 0.25) is 0 Å². The van der Waals surface area contributed by atoms with Crippen molar-refractivity contribution < 1.29 is 0 Å². The monoisotopic (exact) mass is 252 g/mol. The maximum Gasteiger partial charge on any atom is 0.119 e. The Bertz CT molecular complexity index is 350. The first-order valence-corrected chi connectivity index (χ1v) is 6.98. The van der Waals surface area contributed by atoms with Gasteiger partial charge < -0.3 is 10.6 Å². The molecule has 1 aliphatic rings. The summed E-state index contributed by atoms with van der Waals surface area (Å²) in [6.07, 6.45) is 1.80. The van der Waals surface area contributed by atoms with Gasteiger partial charge in [0, 0.05) is 44.7 Å². The molecule has 1 fully saturated rings. The minimum absolute atomic E-state index is 0.788. The van der Waals surface area contributed by atoms with Gasteiger partial charge in [-0.15, -0.1) is 11.8 Å². The highest BCUT2D eigenvalue weighted by Crippen LogP contribution is 2.21. The summed E-state index contributed by atoms with van der Waals surface area (Å²) in [5, 5.41) is 0.960. The van der Waals surface area contributed by atoms with Gasteiger partial charge in [-0.25, -0.2) is 4.98 Å². The van der Waals surface area contributed by atoms with E-state index in [2.05, 4.69) is 21.8 Å². The molecule has 0 atom stereocenters. The van der Waals surface area contributed by atoms with Crippen LogP contribution in [0.15, 0.2) is 23.4 Å². The Labute approximate surface area is 107 Å². The number of nitrogens with zero attached hydrogens (tertiary/aromatic N) is 3. The molecule has 1 saturated heterocycles. The molecule has 0 saturated carbocycles. The van der Waals surface area contributed by atoms with Crippen molar-refractivity contribution in [2.24, 2.45) is 0 Å². The van der Waals surface area contributed by atoms with Gasteiger partial charge in [0.05, 0.1) is 5.69 Å². The summed E-state index contributed by atoms with van der Waals surface area (Å²) in [6.45, 7) is 5.82. The molecular weight excluding hydrogens is 232 g/mol. The zero-order valence-corrected chi connectivity index (χ0v) is 11.1. The predicted octanol–water partition coefficient (Wildman–Crippen LogP) is 1.00. The summed E-state index contributed by atoms with van der Waals surface area (Å²) in [5.41, 5.74) is 6.64. The molecule has 1 aliphatic heterocycles. The number of nitrogen functional groups attached to an aromatic ring is 1. The number of pyridine rings is 1. The number of anilines is 1. The van der Waals surface area contributed by atoms with Crippen LogP contribution in [-0.4, -0.2) is 60.3 Å². The molecule has 0 radical (unpaired) electrons. The average molecular weight is 252 g/mol. The van der Waals surface area contributed by atoms with Crippen molar-refractivity contribution in [1.29, 1.82) is 0 Å². The second kappa shape index (κ2) is 6.23. The lowest BCUT2D eigenvalue weighted by Crippen LogP contribution is -2.45. The lowest BCUT2D eigenvalue weighted by Gasteiger charge is -2.32. The number of aromatic nitrogens is 1. The minimum atomic E-state index is 0.788. The van der Waals surface area contributed by atoms with Crippen molar-refractivity contribution in [3.05, 3.63) is 18.3 Å². The van der Waals surface area contributed by atoms with Crippen LogP contribution in [0.3, 0.4) is 0 Å². The van der Waals surface area contributed by atoms with Gasteiger partial charge in [-0.05, 0) is 19.2 Å². The van der Waals surface area contributed by atoms with Gasteiger partial charge in [0.1, 0.15) is 5.03 Å². The van der Waals surface area contributed by atoms with E-state index in [1.165, 1.54) is 26.2 Å². The van der Waals surface area contributed by atoms with E-state index in [1.807, 2.05) is 12.1 Å². The molecule has 1 aromatic rings. The fourth-order valence-electron chi connectivity index (χ4n) is 1.87. The number of piperazine rings is 1. The number of nitrogens with two attached hydrogens (primary N) is 1. The van der Waals surface area contributed by atoms with Crippen LogP contribution in [0.5, 0.6) is 0 Å². The van der Waals surface area contributed by atoms with Crippen LogP contribution in [0.25, 0.3) is 0 Å². The van der Waals surface area contributed by atoms with Crippen molar-refractivity contribution in [3.8, 4) is 0 Å². The van der Waals surface area contributed by atoms with Crippen molar-refractivity contribution in [3.63, 3.8) is 0 Å². The molecule has 0 bridgehead atoms. The third kappa shape index (κ3) is 3.87. The normalized spacial score (nSPS) is 18.4. The Morgan fingerprint density at radius 3 is 2.82 bits per heavy atom. The van der Waals surface area contributed by atoms with Crippen molar-refractivity contribution in [2.45, 2.75) is 5.03 Å². The van der Waals surface area contributed by atoms with Crippen LogP contribution in [0.1, 0.15) is 0 Å². The topological polar surface area (TPSA) is 45.4 Å².